The highest BCUT2D eigenvalue weighted by atomic mass is 16.6. The Morgan fingerprint density at radius 3 is 1.81 bits per heavy atom. The van der Waals surface area contributed by atoms with Crippen LogP contribution in [0.3, 0.4) is 0 Å². The zero-order valence-corrected chi connectivity index (χ0v) is 19.1. The Kier molecular flexibility index (Phi) is 7.50. The predicted molar refractivity (Wildman–Crippen MR) is 127 cm³/mol. The molecule has 2 heterocycles. The predicted octanol–water partition coefficient (Wildman–Crippen LogP) is 6.65. The second-order valence-corrected chi connectivity index (χ2v) is 8.56. The van der Waals surface area contributed by atoms with Crippen molar-refractivity contribution in [1.29, 1.82) is 0 Å². The van der Waals surface area contributed by atoms with Crippen molar-refractivity contribution >= 4 is 23.5 Å². The van der Waals surface area contributed by atoms with Crippen LogP contribution >= 0.6 is 0 Å². The van der Waals surface area contributed by atoms with Crippen molar-refractivity contribution in [3.05, 3.63) is 69.8 Å². The van der Waals surface area contributed by atoms with Crippen molar-refractivity contribution in [2.45, 2.75) is 59.2 Å². The van der Waals surface area contributed by atoms with E-state index in [-0.39, 0.29) is 11.3 Å². The van der Waals surface area contributed by atoms with Gasteiger partial charge in [0.05, 0.1) is 11.0 Å². The number of nitrogens with zero attached hydrogens (tertiary/aromatic N) is 1. The molecule has 31 heavy (non-hydrogen) atoms. The van der Waals surface area contributed by atoms with E-state index in [2.05, 4.69) is 19.9 Å². The topological polar surface area (TPSA) is 87.6 Å². The number of nitrogens with two attached hydrogens (primary N) is 1. The van der Waals surface area contributed by atoms with Gasteiger partial charge in [0.25, 0.3) is 5.69 Å². The fourth-order valence-corrected chi connectivity index (χ4v) is 2.86. The summed E-state index contributed by atoms with van der Waals surface area (Å²) in [6, 6.07) is 10.3. The van der Waals surface area contributed by atoms with Crippen LogP contribution < -0.4 is 15.2 Å². The number of nitro benzene ring substituents is 1. The summed E-state index contributed by atoms with van der Waals surface area (Å²) >= 11 is 0. The van der Waals surface area contributed by atoms with E-state index in [4.69, 9.17) is 15.2 Å². The standard InChI is InChI=1S/C11H11NO3.C11H13NO.C3H8/c1-11(2)6-5-8-3-4-9(12(13)14)7-10(8)15-11;1-11(2)6-5-8-3-4-9(12)7-10(8)13-11;1-3-2/h3-7H,1-2H3;3-7H,12H2,1-2H3;3H2,1-2H3. The monoisotopic (exact) mass is 424 g/mol. The Bertz CT molecular complexity index is 991. The van der Waals surface area contributed by atoms with Gasteiger partial charge in [-0.1, -0.05) is 32.4 Å². The fourth-order valence-electron chi connectivity index (χ4n) is 2.86. The van der Waals surface area contributed by atoms with Crippen LogP contribution in [0.2, 0.25) is 0 Å². The van der Waals surface area contributed by atoms with Gasteiger partial charge in [-0.25, -0.2) is 0 Å². The molecule has 0 saturated carbocycles. The minimum absolute atomic E-state index is 0.0554. The number of benzene rings is 2. The molecule has 166 valence electrons. The molecule has 0 spiro atoms. The lowest BCUT2D eigenvalue weighted by atomic mass is 10.0. The van der Waals surface area contributed by atoms with Crippen molar-refractivity contribution in [1.82, 2.24) is 0 Å². The summed E-state index contributed by atoms with van der Waals surface area (Å²) in [5.41, 5.74) is 7.81. The lowest BCUT2D eigenvalue weighted by molar-refractivity contribution is -0.385. The third-order valence-corrected chi connectivity index (χ3v) is 4.32. The normalized spacial score (nSPS) is 16.1. The molecule has 0 aliphatic carbocycles. The van der Waals surface area contributed by atoms with Gasteiger partial charge in [-0.3, -0.25) is 10.1 Å². The Hall–Kier alpha value is -3.28. The van der Waals surface area contributed by atoms with E-state index < -0.39 is 10.5 Å². The third-order valence-electron chi connectivity index (χ3n) is 4.32. The van der Waals surface area contributed by atoms with Crippen molar-refractivity contribution in [2.75, 3.05) is 5.73 Å². The lowest BCUT2D eigenvalue weighted by Gasteiger charge is -2.27. The minimum Gasteiger partial charge on any atom is -0.483 e. The number of rotatable bonds is 1. The number of ether oxygens (including phenoxy) is 2. The molecule has 0 bridgehead atoms. The third kappa shape index (κ3) is 6.88. The van der Waals surface area contributed by atoms with Gasteiger partial charge in [0.1, 0.15) is 22.7 Å². The lowest BCUT2D eigenvalue weighted by Crippen LogP contribution is -2.27. The molecular weight excluding hydrogens is 392 g/mol. The summed E-state index contributed by atoms with van der Waals surface area (Å²) in [4.78, 5) is 10.2. The maximum atomic E-state index is 10.6. The second-order valence-electron chi connectivity index (χ2n) is 8.56. The molecule has 0 amide bonds. The van der Waals surface area contributed by atoms with E-state index in [1.807, 2.05) is 64.1 Å². The first kappa shape index (κ1) is 24.0. The van der Waals surface area contributed by atoms with Gasteiger partial charge in [-0.05, 0) is 58.0 Å². The molecular formula is C25H32N2O4. The number of anilines is 1. The molecule has 2 aromatic carbocycles. The van der Waals surface area contributed by atoms with E-state index in [1.165, 1.54) is 18.6 Å². The molecule has 4 rings (SSSR count). The smallest absolute Gasteiger partial charge is 0.273 e. The molecule has 0 aromatic heterocycles. The van der Waals surface area contributed by atoms with E-state index in [1.54, 1.807) is 6.07 Å². The number of nitro groups is 1. The van der Waals surface area contributed by atoms with Crippen LogP contribution in [0.15, 0.2) is 48.6 Å². The van der Waals surface area contributed by atoms with Crippen LogP contribution in [0.25, 0.3) is 12.2 Å². The van der Waals surface area contributed by atoms with Gasteiger partial charge in [0.2, 0.25) is 0 Å². The van der Waals surface area contributed by atoms with Crippen LogP contribution in [0.4, 0.5) is 11.4 Å². The molecule has 2 aromatic rings. The average Bonchev–Trinajstić information content (AvgIpc) is 2.66. The van der Waals surface area contributed by atoms with Gasteiger partial charge in [-0.2, -0.15) is 0 Å². The number of nitrogen functional groups attached to an aromatic ring is 1. The Morgan fingerprint density at radius 2 is 1.32 bits per heavy atom. The molecule has 0 fully saturated rings. The van der Waals surface area contributed by atoms with Crippen LogP contribution in [0, 0.1) is 10.1 Å². The highest BCUT2D eigenvalue weighted by Crippen LogP contribution is 2.33. The second kappa shape index (κ2) is 9.69. The summed E-state index contributed by atoms with van der Waals surface area (Å²) < 4.78 is 11.4. The number of hydrogen-bond acceptors (Lipinski definition) is 5. The Labute approximate surface area is 184 Å². The van der Waals surface area contributed by atoms with E-state index in [9.17, 15) is 10.1 Å². The first-order valence-electron chi connectivity index (χ1n) is 10.4. The highest BCUT2D eigenvalue weighted by Gasteiger charge is 2.23. The van der Waals surface area contributed by atoms with E-state index in [0.29, 0.717) is 5.75 Å². The van der Waals surface area contributed by atoms with Gasteiger partial charge in [-0.15, -0.1) is 0 Å². The highest BCUT2D eigenvalue weighted by molar-refractivity contribution is 5.65. The summed E-state index contributed by atoms with van der Waals surface area (Å²) in [7, 11) is 0. The van der Waals surface area contributed by atoms with E-state index in [0.717, 1.165) is 22.6 Å². The molecule has 0 saturated heterocycles. The maximum Gasteiger partial charge on any atom is 0.273 e. The van der Waals surface area contributed by atoms with Crippen LogP contribution in [0.5, 0.6) is 11.5 Å². The molecule has 2 aliphatic rings. The Balaban J connectivity index is 0.000000197. The first-order valence-corrected chi connectivity index (χ1v) is 10.4. The molecule has 2 N–H and O–H groups in total. The van der Waals surface area contributed by atoms with Crippen LogP contribution in [-0.2, 0) is 0 Å². The number of hydrogen-bond donors (Lipinski definition) is 1. The van der Waals surface area contributed by atoms with Gasteiger partial charge in [0.15, 0.2) is 0 Å². The molecule has 0 radical (unpaired) electrons. The summed E-state index contributed by atoms with van der Waals surface area (Å²) in [6.45, 7) is 12.1. The minimum atomic E-state index is -0.422. The molecule has 0 atom stereocenters. The van der Waals surface area contributed by atoms with Crippen molar-refractivity contribution in [2.24, 2.45) is 0 Å². The zero-order valence-electron chi connectivity index (χ0n) is 19.1. The van der Waals surface area contributed by atoms with E-state index >= 15 is 0 Å². The Morgan fingerprint density at radius 1 is 0.871 bits per heavy atom. The van der Waals surface area contributed by atoms with Crippen LogP contribution in [0.1, 0.15) is 59.1 Å². The SMILES string of the molecule is CC1(C)C=Cc2ccc(N)cc2O1.CC1(C)C=Cc2ccc([N+](=O)[O-])cc2O1.CCC. The fraction of sp³-hybridized carbons (Fsp3) is 0.360. The van der Waals surface area contributed by atoms with Crippen LogP contribution in [-0.4, -0.2) is 16.1 Å². The zero-order chi connectivity index (χ0) is 23.2. The van der Waals surface area contributed by atoms with Gasteiger partial charge in [0, 0.05) is 28.9 Å². The summed E-state index contributed by atoms with van der Waals surface area (Å²) in [6.07, 6.45) is 9.22. The van der Waals surface area contributed by atoms with Crippen molar-refractivity contribution in [3.63, 3.8) is 0 Å². The summed E-state index contributed by atoms with van der Waals surface area (Å²) in [5.74, 6) is 1.43. The largest absolute Gasteiger partial charge is 0.483 e. The quantitative estimate of drug-likeness (QED) is 0.315. The molecule has 2 aliphatic heterocycles. The molecule has 6 heteroatoms. The summed E-state index contributed by atoms with van der Waals surface area (Å²) in [5, 5.41) is 10.6. The molecule has 6 nitrogen and oxygen atoms in total. The average molecular weight is 425 g/mol. The molecule has 0 unspecified atom stereocenters. The maximum absolute atomic E-state index is 10.6. The van der Waals surface area contributed by atoms with Gasteiger partial charge < -0.3 is 15.2 Å². The van der Waals surface area contributed by atoms with Crippen molar-refractivity contribution in [3.8, 4) is 11.5 Å². The van der Waals surface area contributed by atoms with Gasteiger partial charge >= 0.3 is 0 Å². The number of non-ortho nitro benzene ring substituents is 1. The number of fused-ring (bicyclic) bond motifs is 2. The first-order chi connectivity index (χ1) is 14.5. The van der Waals surface area contributed by atoms with Crippen molar-refractivity contribution < 1.29 is 14.4 Å².